The van der Waals surface area contributed by atoms with E-state index in [1.807, 2.05) is 6.92 Å². The normalized spacial score (nSPS) is 23.2. The van der Waals surface area contributed by atoms with E-state index in [0.29, 0.717) is 24.4 Å². The minimum atomic E-state index is -3.89. The minimum absolute atomic E-state index is 0.0627. The first-order valence-electron chi connectivity index (χ1n) is 11.8. The number of likely N-dealkylation sites (N-methyl/N-ethyl adjacent to an activating group) is 1. The summed E-state index contributed by atoms with van der Waals surface area (Å²) in [4.78, 5) is 14.4. The summed E-state index contributed by atoms with van der Waals surface area (Å²) in [5.74, 6) is 6.78. The Bertz CT molecular complexity index is 1010. The molecule has 0 unspecified atom stereocenters. The van der Waals surface area contributed by atoms with Crippen LogP contribution in [0.3, 0.4) is 0 Å². The van der Waals surface area contributed by atoms with Gasteiger partial charge in [0.15, 0.2) is 0 Å². The quantitative estimate of drug-likeness (QED) is 0.612. The fourth-order valence-electron chi connectivity index (χ4n) is 3.91. The molecule has 3 atom stereocenters. The van der Waals surface area contributed by atoms with Crippen molar-refractivity contribution in [2.75, 3.05) is 26.7 Å². The van der Waals surface area contributed by atoms with E-state index in [0.717, 1.165) is 25.7 Å². The highest BCUT2D eigenvalue weighted by atomic mass is 32.2. The van der Waals surface area contributed by atoms with Gasteiger partial charge in [-0.1, -0.05) is 25.7 Å². The lowest BCUT2D eigenvalue weighted by atomic mass is 10.0. The average molecular weight is 477 g/mol. The maximum Gasteiger partial charge on any atom is 0.247 e. The zero-order valence-corrected chi connectivity index (χ0v) is 20.9. The molecule has 1 aromatic rings. The van der Waals surface area contributed by atoms with Gasteiger partial charge in [-0.15, -0.1) is 0 Å². The van der Waals surface area contributed by atoms with Crippen LogP contribution in [0.15, 0.2) is 23.1 Å². The van der Waals surface area contributed by atoms with E-state index in [1.54, 1.807) is 31.0 Å². The molecule has 8 heteroatoms. The maximum absolute atomic E-state index is 13.5. The van der Waals surface area contributed by atoms with Gasteiger partial charge in [-0.2, -0.15) is 4.31 Å². The maximum atomic E-state index is 13.5. The zero-order chi connectivity index (χ0) is 24.2. The standard InChI is InChI=1S/C25H36N2O5S/c1-5-6-7-8-20-11-12-24-22(13-20)32-23(16-26(4)25(29)14-21-9-10-21)18(2)15-27(19(3)17-28)33(24,30)31/h11-13,18-19,21,23,28H,5-6,9-10,14-17H2,1-4H3/t18-,19+,23+/m0/s1. The van der Waals surface area contributed by atoms with Crippen LogP contribution in [-0.4, -0.2) is 67.5 Å². The molecule has 0 aromatic heterocycles. The number of carbonyl (C=O) groups excluding carboxylic acids is 1. The van der Waals surface area contributed by atoms with Crippen molar-refractivity contribution in [3.05, 3.63) is 23.8 Å². The van der Waals surface area contributed by atoms with Crippen LogP contribution in [0.4, 0.5) is 0 Å². The number of benzene rings is 1. The van der Waals surface area contributed by atoms with E-state index in [2.05, 4.69) is 18.8 Å². The summed E-state index contributed by atoms with van der Waals surface area (Å²) in [5.41, 5.74) is 0.685. The first-order chi connectivity index (χ1) is 15.7. The molecule has 0 bridgehead atoms. The van der Waals surface area contributed by atoms with E-state index in [9.17, 15) is 18.3 Å². The lowest BCUT2D eigenvalue weighted by Crippen LogP contribution is -2.50. The fraction of sp³-hybridized carbons (Fsp3) is 0.640. The smallest absolute Gasteiger partial charge is 0.247 e. The first-order valence-corrected chi connectivity index (χ1v) is 13.3. The van der Waals surface area contributed by atoms with Gasteiger partial charge in [0.05, 0.1) is 13.2 Å². The molecule has 182 valence electrons. The van der Waals surface area contributed by atoms with Gasteiger partial charge in [0.1, 0.15) is 16.7 Å². The number of amides is 1. The van der Waals surface area contributed by atoms with Crippen molar-refractivity contribution in [2.45, 2.75) is 69.9 Å². The van der Waals surface area contributed by atoms with Gasteiger partial charge in [-0.25, -0.2) is 8.42 Å². The van der Waals surface area contributed by atoms with E-state index >= 15 is 0 Å². The van der Waals surface area contributed by atoms with Crippen LogP contribution in [0.5, 0.6) is 5.75 Å². The predicted octanol–water partition coefficient (Wildman–Crippen LogP) is 2.87. The second-order valence-corrected chi connectivity index (χ2v) is 11.2. The third-order valence-electron chi connectivity index (χ3n) is 6.31. The molecule has 1 heterocycles. The number of aliphatic hydroxyl groups excluding tert-OH is 1. The third-order valence-corrected chi connectivity index (χ3v) is 8.33. The van der Waals surface area contributed by atoms with Crippen molar-refractivity contribution < 1.29 is 23.1 Å². The summed E-state index contributed by atoms with van der Waals surface area (Å²) < 4.78 is 34.6. The van der Waals surface area contributed by atoms with Crippen LogP contribution in [0.2, 0.25) is 0 Å². The Morgan fingerprint density at radius 3 is 2.73 bits per heavy atom. The molecule has 1 aliphatic carbocycles. The van der Waals surface area contributed by atoms with Crippen LogP contribution in [0.1, 0.15) is 58.4 Å². The lowest BCUT2D eigenvalue weighted by Gasteiger charge is -2.37. The van der Waals surface area contributed by atoms with Crippen LogP contribution in [0.25, 0.3) is 0 Å². The van der Waals surface area contributed by atoms with Crippen molar-refractivity contribution in [2.24, 2.45) is 11.8 Å². The molecule has 1 fully saturated rings. The molecule has 2 aliphatic rings. The zero-order valence-electron chi connectivity index (χ0n) is 20.1. The monoisotopic (exact) mass is 476 g/mol. The van der Waals surface area contributed by atoms with E-state index < -0.39 is 22.2 Å². The molecule has 1 amide bonds. The first kappa shape index (κ1) is 25.5. The summed E-state index contributed by atoms with van der Waals surface area (Å²) in [7, 11) is -2.11. The van der Waals surface area contributed by atoms with Crippen molar-refractivity contribution in [3.8, 4) is 17.6 Å². The van der Waals surface area contributed by atoms with Crippen LogP contribution in [-0.2, 0) is 14.8 Å². The summed E-state index contributed by atoms with van der Waals surface area (Å²) in [5, 5.41) is 9.75. The lowest BCUT2D eigenvalue weighted by molar-refractivity contribution is -0.131. The van der Waals surface area contributed by atoms with Gasteiger partial charge in [0.2, 0.25) is 15.9 Å². The Hall–Kier alpha value is -2.08. The van der Waals surface area contributed by atoms with Gasteiger partial charge < -0.3 is 14.7 Å². The highest BCUT2D eigenvalue weighted by Crippen LogP contribution is 2.35. The van der Waals surface area contributed by atoms with Crippen molar-refractivity contribution in [1.29, 1.82) is 0 Å². The molecule has 1 aromatic carbocycles. The molecule has 0 radical (unpaired) electrons. The number of hydrogen-bond donors (Lipinski definition) is 1. The van der Waals surface area contributed by atoms with Crippen molar-refractivity contribution in [1.82, 2.24) is 9.21 Å². The number of rotatable bonds is 7. The fourth-order valence-corrected chi connectivity index (χ4v) is 5.73. The van der Waals surface area contributed by atoms with E-state index in [-0.39, 0.29) is 35.6 Å². The molecule has 1 N–H and O–H groups in total. The summed E-state index contributed by atoms with van der Waals surface area (Å²) in [6, 6.07) is 4.32. The molecule has 0 spiro atoms. The number of hydrogen-bond acceptors (Lipinski definition) is 5. The number of ether oxygens (including phenoxy) is 1. The minimum Gasteiger partial charge on any atom is -0.487 e. The Morgan fingerprint density at radius 1 is 1.36 bits per heavy atom. The van der Waals surface area contributed by atoms with Crippen LogP contribution < -0.4 is 4.74 Å². The topological polar surface area (TPSA) is 87.2 Å². The predicted molar refractivity (Wildman–Crippen MR) is 127 cm³/mol. The summed E-state index contributed by atoms with van der Waals surface area (Å²) in [6.45, 7) is 5.93. The molecule has 3 rings (SSSR count). The molecule has 0 saturated heterocycles. The Labute approximate surface area is 198 Å². The van der Waals surface area contributed by atoms with Crippen molar-refractivity contribution >= 4 is 15.9 Å². The number of fused-ring (bicyclic) bond motifs is 1. The Kier molecular flexibility index (Phi) is 8.43. The molecule has 33 heavy (non-hydrogen) atoms. The van der Waals surface area contributed by atoms with E-state index in [4.69, 9.17) is 4.74 Å². The molecule has 7 nitrogen and oxygen atoms in total. The third kappa shape index (κ3) is 6.28. The number of unbranched alkanes of at least 4 members (excludes halogenated alkanes) is 1. The van der Waals surface area contributed by atoms with Crippen LogP contribution >= 0.6 is 0 Å². The Balaban J connectivity index is 1.97. The average Bonchev–Trinajstić information content (AvgIpc) is 3.59. The molecule has 1 aliphatic heterocycles. The van der Waals surface area contributed by atoms with Gasteiger partial charge in [-0.05, 0) is 50.3 Å². The number of sulfonamides is 1. The highest BCUT2D eigenvalue weighted by Gasteiger charge is 2.38. The summed E-state index contributed by atoms with van der Waals surface area (Å²) in [6.07, 6.45) is 4.06. The second kappa shape index (κ2) is 10.9. The van der Waals surface area contributed by atoms with Gasteiger partial charge in [0, 0.05) is 44.0 Å². The van der Waals surface area contributed by atoms with Crippen LogP contribution in [0, 0.1) is 23.7 Å². The Morgan fingerprint density at radius 2 is 2.09 bits per heavy atom. The molecular weight excluding hydrogens is 440 g/mol. The van der Waals surface area contributed by atoms with Gasteiger partial charge in [0.25, 0.3) is 0 Å². The number of nitrogens with zero attached hydrogens (tertiary/aromatic N) is 2. The highest BCUT2D eigenvalue weighted by molar-refractivity contribution is 7.89. The molecular formula is C25H36N2O5S. The van der Waals surface area contributed by atoms with E-state index in [1.165, 1.54) is 10.4 Å². The summed E-state index contributed by atoms with van der Waals surface area (Å²) >= 11 is 0. The van der Waals surface area contributed by atoms with Gasteiger partial charge >= 0.3 is 0 Å². The number of carbonyl (C=O) groups is 1. The van der Waals surface area contributed by atoms with Gasteiger partial charge in [-0.3, -0.25) is 4.79 Å². The second-order valence-electron chi connectivity index (χ2n) is 9.37. The van der Waals surface area contributed by atoms with Crippen molar-refractivity contribution in [3.63, 3.8) is 0 Å². The molecule has 1 saturated carbocycles. The SMILES string of the molecule is CCCC#Cc1ccc2c(c1)O[C@H](CN(C)C(=O)CC1CC1)[C@@H](C)CN([C@H](C)CO)S2(=O)=O. The largest absolute Gasteiger partial charge is 0.487 e. The number of aliphatic hydroxyl groups is 1.